The van der Waals surface area contributed by atoms with Gasteiger partial charge in [-0.1, -0.05) is 0 Å². The van der Waals surface area contributed by atoms with Crippen LogP contribution in [-0.2, 0) is 0 Å². The normalized spacial score (nSPS) is 36.0. The average Bonchev–Trinajstić information content (AvgIpc) is 2.88. The van der Waals surface area contributed by atoms with E-state index in [1.54, 1.807) is 0 Å². The van der Waals surface area contributed by atoms with Crippen LogP contribution in [0.3, 0.4) is 0 Å². The molecule has 1 saturated carbocycles. The van der Waals surface area contributed by atoms with E-state index in [2.05, 4.69) is 5.32 Å². The van der Waals surface area contributed by atoms with Crippen LogP contribution in [0.5, 0.6) is 0 Å². The van der Waals surface area contributed by atoms with E-state index in [-0.39, 0.29) is 5.60 Å². The van der Waals surface area contributed by atoms with Crippen LogP contribution in [0, 0.1) is 11.8 Å². The summed E-state index contributed by atoms with van der Waals surface area (Å²) >= 11 is 0. The molecule has 0 aromatic carbocycles. The summed E-state index contributed by atoms with van der Waals surface area (Å²) in [4.78, 5) is 0. The fourth-order valence-electron chi connectivity index (χ4n) is 2.35. The molecule has 2 N–H and O–H groups in total. The lowest BCUT2D eigenvalue weighted by atomic mass is 9.80. The minimum absolute atomic E-state index is 0.382. The Morgan fingerprint density at radius 1 is 1.25 bits per heavy atom. The Bertz CT molecular complexity index is 157. The summed E-state index contributed by atoms with van der Waals surface area (Å²) in [7, 11) is 0. The summed E-state index contributed by atoms with van der Waals surface area (Å²) in [6.07, 6.45) is 4.91. The van der Waals surface area contributed by atoms with Gasteiger partial charge in [0.1, 0.15) is 0 Å². The van der Waals surface area contributed by atoms with Gasteiger partial charge in [-0.15, -0.1) is 0 Å². The summed E-state index contributed by atoms with van der Waals surface area (Å²) in [6, 6.07) is 0. The molecular weight excluding hydrogens is 150 g/mol. The van der Waals surface area contributed by atoms with E-state index in [0.717, 1.165) is 13.1 Å². The minimum atomic E-state index is -0.382. The van der Waals surface area contributed by atoms with Crippen LogP contribution in [0.25, 0.3) is 0 Å². The highest BCUT2D eigenvalue weighted by molar-refractivity contribution is 4.97. The quantitative estimate of drug-likeness (QED) is 0.650. The summed E-state index contributed by atoms with van der Waals surface area (Å²) in [5.74, 6) is 1.10. The van der Waals surface area contributed by atoms with Gasteiger partial charge in [0.05, 0.1) is 5.60 Å². The van der Waals surface area contributed by atoms with Gasteiger partial charge in [-0.3, -0.25) is 0 Å². The number of hydrogen-bond donors (Lipinski definition) is 2. The van der Waals surface area contributed by atoms with Gasteiger partial charge in [0.15, 0.2) is 0 Å². The van der Waals surface area contributed by atoms with Gasteiger partial charge in [0.25, 0.3) is 0 Å². The number of rotatable bonds is 2. The van der Waals surface area contributed by atoms with Gasteiger partial charge < -0.3 is 10.4 Å². The van der Waals surface area contributed by atoms with Crippen molar-refractivity contribution < 1.29 is 5.11 Å². The third-order valence-corrected chi connectivity index (χ3v) is 3.53. The molecule has 2 heteroatoms. The predicted octanol–water partition coefficient (Wildman–Crippen LogP) is 1.15. The second kappa shape index (κ2) is 3.00. The van der Waals surface area contributed by atoms with Gasteiger partial charge in [0.2, 0.25) is 0 Å². The van der Waals surface area contributed by atoms with Crippen molar-refractivity contribution in [3.05, 3.63) is 0 Å². The lowest BCUT2D eigenvalue weighted by Gasteiger charge is -2.36. The Kier molecular flexibility index (Phi) is 2.13. The minimum Gasteiger partial charge on any atom is -0.390 e. The summed E-state index contributed by atoms with van der Waals surface area (Å²) < 4.78 is 0. The topological polar surface area (TPSA) is 32.3 Å². The molecule has 0 aromatic rings. The number of nitrogens with one attached hydrogen (secondary N) is 1. The highest BCUT2D eigenvalue weighted by atomic mass is 16.3. The van der Waals surface area contributed by atoms with Crippen LogP contribution in [0.15, 0.2) is 0 Å². The molecule has 70 valence electrons. The van der Waals surface area contributed by atoms with Crippen LogP contribution in [0.2, 0.25) is 0 Å². The van der Waals surface area contributed by atoms with Crippen LogP contribution in [-0.4, -0.2) is 23.8 Å². The first kappa shape index (κ1) is 8.52. The molecule has 0 spiro atoms. The zero-order valence-electron chi connectivity index (χ0n) is 7.84. The maximum absolute atomic E-state index is 10.2. The zero-order chi connectivity index (χ0) is 8.60. The molecule has 1 saturated heterocycles. The second-order valence-electron chi connectivity index (χ2n) is 4.54. The molecule has 2 aliphatic rings. The van der Waals surface area contributed by atoms with Crippen molar-refractivity contribution in [2.24, 2.45) is 11.8 Å². The van der Waals surface area contributed by atoms with Crippen molar-refractivity contribution in [2.45, 2.75) is 38.2 Å². The molecule has 1 aliphatic carbocycles. The first-order valence-corrected chi connectivity index (χ1v) is 5.14. The van der Waals surface area contributed by atoms with E-state index < -0.39 is 0 Å². The van der Waals surface area contributed by atoms with Crippen molar-refractivity contribution in [2.75, 3.05) is 13.1 Å². The van der Waals surface area contributed by atoms with E-state index in [4.69, 9.17) is 0 Å². The van der Waals surface area contributed by atoms with E-state index in [1.165, 1.54) is 25.7 Å². The predicted molar refractivity (Wildman–Crippen MR) is 48.9 cm³/mol. The lowest BCUT2D eigenvalue weighted by Crippen LogP contribution is -2.45. The van der Waals surface area contributed by atoms with Gasteiger partial charge >= 0.3 is 0 Å². The number of piperidine rings is 1. The average molecular weight is 169 g/mol. The highest BCUT2D eigenvalue weighted by Gasteiger charge is 2.45. The first-order chi connectivity index (χ1) is 5.71. The van der Waals surface area contributed by atoms with Crippen LogP contribution in [0.1, 0.15) is 32.6 Å². The molecule has 0 unspecified atom stereocenters. The molecule has 1 heterocycles. The Hall–Kier alpha value is -0.0800. The number of aliphatic hydroxyl groups is 1. The molecule has 2 atom stereocenters. The van der Waals surface area contributed by atoms with Gasteiger partial charge in [-0.05, 0) is 45.1 Å². The molecule has 0 bridgehead atoms. The van der Waals surface area contributed by atoms with Crippen LogP contribution in [0.4, 0.5) is 0 Å². The molecule has 0 radical (unpaired) electrons. The standard InChI is InChI=1S/C10H19NO/c1-10(12,8-4-5-8)9-3-2-6-11-7-9/h8-9,11-12H,2-7H2,1H3/t9-,10-/m1/s1. The Balaban J connectivity index is 1.95. The highest BCUT2D eigenvalue weighted by Crippen LogP contribution is 2.44. The molecular formula is C10H19NO. The molecule has 2 nitrogen and oxygen atoms in total. The van der Waals surface area contributed by atoms with Crippen molar-refractivity contribution >= 4 is 0 Å². The second-order valence-corrected chi connectivity index (χ2v) is 4.54. The van der Waals surface area contributed by atoms with Crippen LogP contribution >= 0.6 is 0 Å². The van der Waals surface area contributed by atoms with E-state index in [9.17, 15) is 5.11 Å². The zero-order valence-corrected chi connectivity index (χ0v) is 7.84. The third kappa shape index (κ3) is 1.50. The first-order valence-electron chi connectivity index (χ1n) is 5.14. The Morgan fingerprint density at radius 2 is 2.00 bits per heavy atom. The monoisotopic (exact) mass is 169 g/mol. The molecule has 2 fully saturated rings. The summed E-state index contributed by atoms with van der Waals surface area (Å²) in [6.45, 7) is 4.18. The molecule has 2 rings (SSSR count). The third-order valence-electron chi connectivity index (χ3n) is 3.53. The van der Waals surface area contributed by atoms with Gasteiger partial charge in [-0.25, -0.2) is 0 Å². The van der Waals surface area contributed by atoms with Crippen molar-refractivity contribution in [1.82, 2.24) is 5.32 Å². The fourth-order valence-corrected chi connectivity index (χ4v) is 2.35. The van der Waals surface area contributed by atoms with Gasteiger partial charge in [-0.2, -0.15) is 0 Å². The summed E-state index contributed by atoms with van der Waals surface area (Å²) in [5, 5.41) is 13.6. The van der Waals surface area contributed by atoms with Crippen molar-refractivity contribution in [3.63, 3.8) is 0 Å². The molecule has 0 amide bonds. The maximum atomic E-state index is 10.2. The van der Waals surface area contributed by atoms with Crippen molar-refractivity contribution in [1.29, 1.82) is 0 Å². The Labute approximate surface area is 74.4 Å². The maximum Gasteiger partial charge on any atom is 0.0687 e. The van der Waals surface area contributed by atoms with E-state index >= 15 is 0 Å². The Morgan fingerprint density at radius 3 is 2.50 bits per heavy atom. The van der Waals surface area contributed by atoms with Crippen molar-refractivity contribution in [3.8, 4) is 0 Å². The lowest BCUT2D eigenvalue weighted by molar-refractivity contribution is -0.0303. The largest absolute Gasteiger partial charge is 0.390 e. The smallest absolute Gasteiger partial charge is 0.0687 e. The number of hydrogen-bond acceptors (Lipinski definition) is 2. The molecule has 1 aliphatic heterocycles. The SMILES string of the molecule is C[C@@](O)(C1CC1)[C@@H]1CCCNC1. The summed E-state index contributed by atoms with van der Waals surface area (Å²) in [5.41, 5.74) is -0.382. The van der Waals surface area contributed by atoms with Crippen LogP contribution < -0.4 is 5.32 Å². The molecule has 12 heavy (non-hydrogen) atoms. The van der Waals surface area contributed by atoms with E-state index in [0.29, 0.717) is 11.8 Å². The fraction of sp³-hybridized carbons (Fsp3) is 1.00. The van der Waals surface area contributed by atoms with E-state index in [1.807, 2.05) is 6.92 Å². The van der Waals surface area contributed by atoms with Gasteiger partial charge in [0, 0.05) is 12.5 Å². The molecule has 0 aromatic heterocycles.